The Bertz CT molecular complexity index is 526. The van der Waals surface area contributed by atoms with Crippen molar-refractivity contribution >= 4 is 17.7 Å². The highest BCUT2D eigenvalue weighted by Crippen LogP contribution is 2.28. The third kappa shape index (κ3) is 4.11. The third-order valence-electron chi connectivity index (χ3n) is 3.75. The van der Waals surface area contributed by atoms with Crippen LogP contribution in [0.15, 0.2) is 18.2 Å². The quantitative estimate of drug-likeness (QED) is 0.752. The van der Waals surface area contributed by atoms with Crippen molar-refractivity contribution in [3.63, 3.8) is 0 Å². The van der Waals surface area contributed by atoms with E-state index in [4.69, 9.17) is 9.84 Å². The molecule has 1 aliphatic carbocycles. The van der Waals surface area contributed by atoms with Gasteiger partial charge in [-0.25, -0.2) is 9.59 Å². The van der Waals surface area contributed by atoms with Crippen molar-refractivity contribution in [1.29, 1.82) is 0 Å². The van der Waals surface area contributed by atoms with Crippen LogP contribution in [0.5, 0.6) is 5.75 Å². The Labute approximate surface area is 123 Å². The average molecular weight is 292 g/mol. The van der Waals surface area contributed by atoms with Crippen LogP contribution in [0.1, 0.15) is 36.0 Å². The number of methoxy groups -OCH3 is 1. The van der Waals surface area contributed by atoms with Crippen LogP contribution in [0.2, 0.25) is 0 Å². The molecule has 6 heteroatoms. The number of carboxylic acid groups (broad SMARTS) is 1. The Hall–Kier alpha value is -2.24. The first kappa shape index (κ1) is 15.2. The van der Waals surface area contributed by atoms with E-state index in [-0.39, 0.29) is 17.3 Å². The molecule has 6 nitrogen and oxygen atoms in total. The number of ether oxygens (including phenoxy) is 1. The topological polar surface area (TPSA) is 87.7 Å². The lowest BCUT2D eigenvalue weighted by atomic mass is 9.83. The number of hydrogen-bond donors (Lipinski definition) is 3. The first-order chi connectivity index (χ1) is 10.1. The van der Waals surface area contributed by atoms with Crippen molar-refractivity contribution < 1.29 is 19.4 Å². The number of amides is 2. The average Bonchev–Trinajstić information content (AvgIpc) is 2.41. The number of carbonyl (C=O) groups is 2. The van der Waals surface area contributed by atoms with Crippen molar-refractivity contribution in [3.05, 3.63) is 23.8 Å². The molecule has 0 bridgehead atoms. The maximum atomic E-state index is 11.7. The van der Waals surface area contributed by atoms with Gasteiger partial charge in [-0.15, -0.1) is 0 Å². The summed E-state index contributed by atoms with van der Waals surface area (Å²) < 4.78 is 5.01. The minimum atomic E-state index is -1.07. The molecule has 2 amide bonds. The molecule has 114 valence electrons. The standard InChI is InChI=1S/C15H20N2O4/c1-21-13-9-11(5-6-12(13)14(18)19)17-15(20)16-8-7-10-3-2-4-10/h5-6,9-10H,2-4,7-8H2,1H3,(H,18,19)(H2,16,17,20). The molecule has 21 heavy (non-hydrogen) atoms. The molecule has 0 unspecified atom stereocenters. The second-order valence-corrected chi connectivity index (χ2v) is 5.19. The Morgan fingerprint density at radius 2 is 2.14 bits per heavy atom. The molecule has 0 spiro atoms. The van der Waals surface area contributed by atoms with E-state index >= 15 is 0 Å². The van der Waals surface area contributed by atoms with Gasteiger partial charge in [0.25, 0.3) is 0 Å². The molecule has 0 aromatic heterocycles. The SMILES string of the molecule is COc1cc(NC(=O)NCCC2CCC2)ccc1C(=O)O. The largest absolute Gasteiger partial charge is 0.496 e. The Kier molecular flexibility index (Phi) is 5.03. The van der Waals surface area contributed by atoms with Crippen molar-refractivity contribution in [3.8, 4) is 5.75 Å². The smallest absolute Gasteiger partial charge is 0.339 e. The monoisotopic (exact) mass is 292 g/mol. The number of carbonyl (C=O) groups excluding carboxylic acids is 1. The van der Waals surface area contributed by atoms with Crippen molar-refractivity contribution in [2.75, 3.05) is 19.0 Å². The van der Waals surface area contributed by atoms with Crippen LogP contribution in [0.25, 0.3) is 0 Å². The predicted octanol–water partition coefficient (Wildman–Crippen LogP) is 2.71. The molecule has 1 aromatic carbocycles. The van der Waals surface area contributed by atoms with Gasteiger partial charge in [-0.05, 0) is 24.5 Å². The van der Waals surface area contributed by atoms with E-state index in [0.717, 1.165) is 12.3 Å². The first-order valence-electron chi connectivity index (χ1n) is 7.06. The fraction of sp³-hybridized carbons (Fsp3) is 0.467. The van der Waals surface area contributed by atoms with Crippen LogP contribution < -0.4 is 15.4 Å². The van der Waals surface area contributed by atoms with Crippen LogP contribution in [0.3, 0.4) is 0 Å². The number of benzene rings is 1. The highest BCUT2D eigenvalue weighted by atomic mass is 16.5. The number of rotatable bonds is 6. The summed E-state index contributed by atoms with van der Waals surface area (Å²) in [6, 6.07) is 4.15. The van der Waals surface area contributed by atoms with Gasteiger partial charge in [-0.1, -0.05) is 19.3 Å². The summed E-state index contributed by atoms with van der Waals surface area (Å²) in [5, 5.41) is 14.5. The fourth-order valence-electron chi connectivity index (χ4n) is 2.29. The van der Waals surface area contributed by atoms with Crippen molar-refractivity contribution in [2.24, 2.45) is 5.92 Å². The molecular weight excluding hydrogens is 272 g/mol. The van der Waals surface area contributed by atoms with Gasteiger partial charge in [-0.2, -0.15) is 0 Å². The second kappa shape index (κ2) is 6.97. The summed E-state index contributed by atoms with van der Waals surface area (Å²) in [6.07, 6.45) is 4.83. The highest BCUT2D eigenvalue weighted by Gasteiger charge is 2.17. The molecule has 1 fully saturated rings. The summed E-state index contributed by atoms with van der Waals surface area (Å²) in [6.45, 7) is 0.654. The van der Waals surface area contributed by atoms with Crippen LogP contribution in [-0.4, -0.2) is 30.8 Å². The van der Waals surface area contributed by atoms with E-state index in [0.29, 0.717) is 12.2 Å². The van der Waals surface area contributed by atoms with Crippen LogP contribution in [-0.2, 0) is 0 Å². The predicted molar refractivity (Wildman–Crippen MR) is 78.9 cm³/mol. The van der Waals surface area contributed by atoms with Gasteiger partial charge in [0.1, 0.15) is 11.3 Å². The molecule has 1 aliphatic rings. The van der Waals surface area contributed by atoms with Gasteiger partial charge >= 0.3 is 12.0 Å². The van der Waals surface area contributed by atoms with E-state index < -0.39 is 5.97 Å². The normalized spacial score (nSPS) is 14.1. The molecule has 1 saturated carbocycles. The van der Waals surface area contributed by atoms with Gasteiger partial charge in [0.05, 0.1) is 7.11 Å². The number of hydrogen-bond acceptors (Lipinski definition) is 3. The Morgan fingerprint density at radius 3 is 2.71 bits per heavy atom. The first-order valence-corrected chi connectivity index (χ1v) is 7.06. The summed E-state index contributed by atoms with van der Waals surface area (Å²) in [4.78, 5) is 22.7. The van der Waals surface area contributed by atoms with E-state index in [1.54, 1.807) is 0 Å². The number of aromatic carboxylic acids is 1. The summed E-state index contributed by atoms with van der Waals surface area (Å²) in [7, 11) is 1.39. The van der Waals surface area contributed by atoms with Gasteiger partial charge in [0.15, 0.2) is 0 Å². The highest BCUT2D eigenvalue weighted by molar-refractivity contribution is 5.94. The molecular formula is C15H20N2O4. The molecule has 2 rings (SSSR count). The van der Waals surface area contributed by atoms with E-state index in [2.05, 4.69) is 10.6 Å². The number of anilines is 1. The van der Waals surface area contributed by atoms with Gasteiger partial charge in [0.2, 0.25) is 0 Å². The molecule has 0 atom stereocenters. The van der Waals surface area contributed by atoms with Gasteiger partial charge in [-0.3, -0.25) is 0 Å². The minimum Gasteiger partial charge on any atom is -0.496 e. The Balaban J connectivity index is 1.86. The number of urea groups is 1. The second-order valence-electron chi connectivity index (χ2n) is 5.19. The zero-order chi connectivity index (χ0) is 15.2. The lowest BCUT2D eigenvalue weighted by molar-refractivity contribution is 0.0693. The van der Waals surface area contributed by atoms with Gasteiger partial charge < -0.3 is 20.5 Å². The van der Waals surface area contributed by atoms with Crippen molar-refractivity contribution in [1.82, 2.24) is 5.32 Å². The number of nitrogens with one attached hydrogen (secondary N) is 2. The maximum Gasteiger partial charge on any atom is 0.339 e. The zero-order valence-corrected chi connectivity index (χ0v) is 12.0. The lowest BCUT2D eigenvalue weighted by Gasteiger charge is -2.25. The van der Waals surface area contributed by atoms with Crippen molar-refractivity contribution in [2.45, 2.75) is 25.7 Å². The van der Waals surface area contributed by atoms with Crippen LogP contribution in [0, 0.1) is 5.92 Å². The molecule has 0 heterocycles. The molecule has 0 saturated heterocycles. The number of carboxylic acids is 1. The third-order valence-corrected chi connectivity index (χ3v) is 3.75. The lowest BCUT2D eigenvalue weighted by Crippen LogP contribution is -2.31. The summed E-state index contributed by atoms with van der Waals surface area (Å²) in [5.41, 5.74) is 0.562. The van der Waals surface area contributed by atoms with Crippen LogP contribution in [0.4, 0.5) is 10.5 Å². The van der Waals surface area contributed by atoms with Crippen LogP contribution >= 0.6 is 0 Å². The maximum absolute atomic E-state index is 11.7. The van der Waals surface area contributed by atoms with Gasteiger partial charge in [0, 0.05) is 18.3 Å². The zero-order valence-electron chi connectivity index (χ0n) is 12.0. The van der Waals surface area contributed by atoms with E-state index in [9.17, 15) is 9.59 Å². The van der Waals surface area contributed by atoms with E-state index in [1.165, 1.54) is 44.6 Å². The van der Waals surface area contributed by atoms with E-state index in [1.807, 2.05) is 0 Å². The summed E-state index contributed by atoms with van der Waals surface area (Å²) >= 11 is 0. The minimum absolute atomic E-state index is 0.0634. The summed E-state index contributed by atoms with van der Waals surface area (Å²) in [5.74, 6) is -0.0987. The Morgan fingerprint density at radius 1 is 1.38 bits per heavy atom. The molecule has 3 N–H and O–H groups in total. The molecule has 1 aromatic rings. The molecule has 0 aliphatic heterocycles. The fourth-order valence-corrected chi connectivity index (χ4v) is 2.29. The molecule has 0 radical (unpaired) electrons.